The van der Waals surface area contributed by atoms with Crippen molar-refractivity contribution in [2.45, 2.75) is 25.2 Å². The summed E-state index contributed by atoms with van der Waals surface area (Å²) in [5.74, 6) is 1.78. The molecule has 0 fully saturated rings. The third kappa shape index (κ3) is 4.28. The number of nitrogens with zero attached hydrogens (tertiary/aromatic N) is 4. The van der Waals surface area contributed by atoms with Crippen LogP contribution in [-0.2, 0) is 17.9 Å². The zero-order chi connectivity index (χ0) is 18.5. The molecule has 0 N–H and O–H groups in total. The number of amides is 1. The Morgan fingerprint density at radius 3 is 2.85 bits per heavy atom. The van der Waals surface area contributed by atoms with Crippen molar-refractivity contribution in [3.05, 3.63) is 53.4 Å². The minimum atomic E-state index is 0.00126. The molecule has 26 heavy (non-hydrogen) atoms. The average Bonchev–Trinajstić information content (AvgIpc) is 3.28. The van der Waals surface area contributed by atoms with Gasteiger partial charge in [0.15, 0.2) is 11.0 Å². The molecule has 0 saturated heterocycles. The first-order valence-electron chi connectivity index (χ1n) is 8.16. The van der Waals surface area contributed by atoms with Crippen molar-refractivity contribution < 1.29 is 9.21 Å². The highest BCUT2D eigenvalue weighted by molar-refractivity contribution is 7.99. The van der Waals surface area contributed by atoms with Crippen molar-refractivity contribution >= 4 is 29.3 Å². The van der Waals surface area contributed by atoms with Crippen molar-refractivity contribution in [1.82, 2.24) is 19.7 Å². The van der Waals surface area contributed by atoms with Gasteiger partial charge in [0.1, 0.15) is 5.76 Å². The molecule has 0 spiro atoms. The highest BCUT2D eigenvalue weighted by Crippen LogP contribution is 2.26. The quantitative estimate of drug-likeness (QED) is 0.571. The van der Waals surface area contributed by atoms with Gasteiger partial charge in [-0.25, -0.2) is 0 Å². The Bertz CT molecular complexity index is 879. The van der Waals surface area contributed by atoms with Crippen molar-refractivity contribution in [3.8, 4) is 11.4 Å². The molecule has 2 heterocycles. The number of furan rings is 1. The molecule has 1 amide bonds. The maximum absolute atomic E-state index is 12.4. The number of hydrogen-bond donors (Lipinski definition) is 0. The molecule has 0 aliphatic heterocycles. The van der Waals surface area contributed by atoms with Gasteiger partial charge in [0.05, 0.1) is 18.6 Å². The fraction of sp³-hybridized carbons (Fsp3) is 0.278. The number of thioether (sulfide) groups is 1. The fourth-order valence-corrected chi connectivity index (χ4v) is 3.62. The predicted molar refractivity (Wildman–Crippen MR) is 102 cm³/mol. The van der Waals surface area contributed by atoms with E-state index in [1.807, 2.05) is 47.9 Å². The second-order valence-electron chi connectivity index (χ2n) is 5.68. The lowest BCUT2D eigenvalue weighted by molar-refractivity contribution is -0.127. The maximum Gasteiger partial charge on any atom is 0.233 e. The minimum Gasteiger partial charge on any atom is -0.467 e. The molecule has 0 aliphatic carbocycles. The summed E-state index contributed by atoms with van der Waals surface area (Å²) in [5.41, 5.74) is 0.903. The Kier molecular flexibility index (Phi) is 6.00. The summed E-state index contributed by atoms with van der Waals surface area (Å²) in [6, 6.07) is 11.2. The van der Waals surface area contributed by atoms with Crippen LogP contribution in [0.3, 0.4) is 0 Å². The molecule has 0 radical (unpaired) electrons. The average molecular weight is 391 g/mol. The van der Waals surface area contributed by atoms with Gasteiger partial charge in [-0.15, -0.1) is 10.2 Å². The Hall–Kier alpha value is -2.25. The van der Waals surface area contributed by atoms with Gasteiger partial charge >= 0.3 is 0 Å². The van der Waals surface area contributed by atoms with Crippen LogP contribution in [0, 0.1) is 0 Å². The first-order valence-corrected chi connectivity index (χ1v) is 9.53. The van der Waals surface area contributed by atoms with Crippen LogP contribution in [0.5, 0.6) is 0 Å². The Morgan fingerprint density at radius 2 is 2.15 bits per heavy atom. The molecule has 136 valence electrons. The van der Waals surface area contributed by atoms with Gasteiger partial charge < -0.3 is 13.9 Å². The molecule has 0 atom stereocenters. The van der Waals surface area contributed by atoms with Crippen LogP contribution >= 0.6 is 23.4 Å². The van der Waals surface area contributed by atoms with Gasteiger partial charge in [-0.05, 0) is 31.2 Å². The topological polar surface area (TPSA) is 64.2 Å². The number of aromatic nitrogens is 3. The van der Waals surface area contributed by atoms with E-state index in [0.717, 1.165) is 17.1 Å². The molecule has 8 heteroatoms. The molecule has 3 aromatic rings. The zero-order valence-corrected chi connectivity index (χ0v) is 16.1. The largest absolute Gasteiger partial charge is 0.467 e. The molecule has 2 aromatic heterocycles. The maximum atomic E-state index is 12.4. The third-order valence-corrected chi connectivity index (χ3v) is 5.03. The molecule has 3 rings (SSSR count). The van der Waals surface area contributed by atoms with Gasteiger partial charge in [0.25, 0.3) is 0 Å². The summed E-state index contributed by atoms with van der Waals surface area (Å²) in [7, 11) is 1.76. The van der Waals surface area contributed by atoms with Gasteiger partial charge in [0, 0.05) is 24.2 Å². The van der Waals surface area contributed by atoms with Gasteiger partial charge in [-0.1, -0.05) is 35.5 Å². The summed E-state index contributed by atoms with van der Waals surface area (Å²) in [6.07, 6.45) is 1.60. The smallest absolute Gasteiger partial charge is 0.233 e. The predicted octanol–water partition coefficient (Wildman–Crippen LogP) is 3.96. The first-order chi connectivity index (χ1) is 12.6. The van der Waals surface area contributed by atoms with Gasteiger partial charge in [0.2, 0.25) is 5.91 Å². The van der Waals surface area contributed by atoms with Crippen LogP contribution in [0.25, 0.3) is 11.4 Å². The molecular formula is C18H19ClN4O2S. The van der Waals surface area contributed by atoms with Crippen molar-refractivity contribution in [3.63, 3.8) is 0 Å². The van der Waals surface area contributed by atoms with E-state index in [1.165, 1.54) is 11.8 Å². The third-order valence-electron chi connectivity index (χ3n) is 3.84. The van der Waals surface area contributed by atoms with E-state index in [2.05, 4.69) is 10.2 Å². The number of carbonyl (C=O) groups excluding carboxylic acids is 1. The molecule has 6 nitrogen and oxygen atoms in total. The van der Waals surface area contributed by atoms with E-state index < -0.39 is 0 Å². The molecular weight excluding hydrogens is 372 g/mol. The molecule has 0 unspecified atom stereocenters. The van der Waals surface area contributed by atoms with E-state index in [1.54, 1.807) is 18.2 Å². The second-order valence-corrected chi connectivity index (χ2v) is 7.06. The van der Waals surface area contributed by atoms with E-state index in [-0.39, 0.29) is 11.7 Å². The standard InChI is InChI=1S/C18H19ClN4O2S/c1-3-23-17(13-6-4-7-14(19)10-13)20-21-18(23)26-12-16(24)22(2)11-15-8-5-9-25-15/h4-10H,3,11-12H2,1-2H3. The van der Waals surface area contributed by atoms with E-state index in [4.69, 9.17) is 16.0 Å². The highest BCUT2D eigenvalue weighted by atomic mass is 35.5. The summed E-state index contributed by atoms with van der Waals surface area (Å²) >= 11 is 7.45. The van der Waals surface area contributed by atoms with E-state index in [9.17, 15) is 4.79 Å². The lowest BCUT2D eigenvalue weighted by Crippen LogP contribution is -2.27. The first kappa shape index (κ1) is 18.5. The Morgan fingerprint density at radius 1 is 1.31 bits per heavy atom. The minimum absolute atomic E-state index is 0.00126. The lowest BCUT2D eigenvalue weighted by Gasteiger charge is -2.15. The van der Waals surface area contributed by atoms with Crippen LogP contribution in [0.2, 0.25) is 5.02 Å². The number of hydrogen-bond acceptors (Lipinski definition) is 5. The second kappa shape index (κ2) is 8.42. The van der Waals surface area contributed by atoms with Crippen LogP contribution in [0.15, 0.2) is 52.2 Å². The molecule has 0 bridgehead atoms. The highest BCUT2D eigenvalue weighted by Gasteiger charge is 2.17. The van der Waals surface area contributed by atoms with Crippen molar-refractivity contribution in [1.29, 1.82) is 0 Å². The SMILES string of the molecule is CCn1c(SCC(=O)N(C)Cc2ccco2)nnc1-c1cccc(Cl)c1. The molecule has 0 saturated carbocycles. The summed E-state index contributed by atoms with van der Waals surface area (Å²) in [4.78, 5) is 14.0. The lowest BCUT2D eigenvalue weighted by atomic mass is 10.2. The number of halogens is 1. The van der Waals surface area contributed by atoms with Gasteiger partial charge in [-0.2, -0.15) is 0 Å². The Labute approximate surface area is 161 Å². The number of carbonyl (C=O) groups is 1. The number of rotatable bonds is 7. The zero-order valence-electron chi connectivity index (χ0n) is 14.6. The fourth-order valence-electron chi connectivity index (χ4n) is 2.48. The molecule has 1 aromatic carbocycles. The van der Waals surface area contributed by atoms with Crippen LogP contribution in [0.1, 0.15) is 12.7 Å². The molecule has 0 aliphatic rings. The van der Waals surface area contributed by atoms with Crippen LogP contribution < -0.4 is 0 Å². The summed E-state index contributed by atoms with van der Waals surface area (Å²) in [5, 5.41) is 9.88. The summed E-state index contributed by atoms with van der Waals surface area (Å²) < 4.78 is 7.26. The van der Waals surface area contributed by atoms with E-state index >= 15 is 0 Å². The van der Waals surface area contributed by atoms with Crippen molar-refractivity contribution in [2.75, 3.05) is 12.8 Å². The van der Waals surface area contributed by atoms with Crippen LogP contribution in [-0.4, -0.2) is 38.4 Å². The Balaban J connectivity index is 1.67. The van der Waals surface area contributed by atoms with Crippen molar-refractivity contribution in [2.24, 2.45) is 0 Å². The number of benzene rings is 1. The normalized spacial score (nSPS) is 10.9. The van der Waals surface area contributed by atoms with E-state index in [0.29, 0.717) is 23.3 Å². The van der Waals surface area contributed by atoms with Gasteiger partial charge in [-0.3, -0.25) is 4.79 Å². The summed E-state index contributed by atoms with van der Waals surface area (Å²) in [6.45, 7) is 3.17. The monoisotopic (exact) mass is 390 g/mol. The van der Waals surface area contributed by atoms with Crippen LogP contribution in [0.4, 0.5) is 0 Å².